The largest absolute Gasteiger partial charge is 0.306 e. The van der Waals surface area contributed by atoms with Gasteiger partial charge in [0.2, 0.25) is 0 Å². The highest BCUT2D eigenvalue weighted by molar-refractivity contribution is 6.24. The third-order valence-electron chi connectivity index (χ3n) is 19.2. The molecule has 464 valence electrons. The molecule has 0 aliphatic rings. The predicted octanol–water partition coefficient (Wildman–Crippen LogP) is 25.7. The zero-order chi connectivity index (χ0) is 66.2. The second-order valence-electron chi connectivity index (χ2n) is 25.2. The maximum Gasteiger partial charge on any atom is 0.137 e. The lowest BCUT2D eigenvalue weighted by molar-refractivity contribution is 1.19. The number of para-hydroxylation sites is 1. The molecule has 0 saturated heterocycles. The first-order chi connectivity index (χ1) is 49.0. The number of rotatable bonds is 9. The van der Waals surface area contributed by atoms with Crippen LogP contribution in [0.3, 0.4) is 0 Å². The van der Waals surface area contributed by atoms with E-state index in [-0.39, 0.29) is 0 Å². The first-order valence-electron chi connectivity index (χ1n) is 33.6. The van der Waals surface area contributed by atoms with Crippen LogP contribution in [0.2, 0.25) is 0 Å². The maximum absolute atomic E-state index is 4.95. The van der Waals surface area contributed by atoms with E-state index in [9.17, 15) is 0 Å². The highest BCUT2D eigenvalue weighted by Gasteiger charge is 2.21. The summed E-state index contributed by atoms with van der Waals surface area (Å²) in [6.45, 7) is 6.72. The van der Waals surface area contributed by atoms with Gasteiger partial charge in [-0.2, -0.15) is 0 Å². The van der Waals surface area contributed by atoms with Crippen LogP contribution in [0.15, 0.2) is 378 Å². The van der Waals surface area contributed by atoms with Gasteiger partial charge in [0.05, 0.1) is 16.9 Å². The van der Waals surface area contributed by atoms with E-state index >= 15 is 0 Å². The van der Waals surface area contributed by atoms with Crippen LogP contribution in [-0.2, 0) is 0 Å². The molecule has 0 unspecified atom stereocenters. The zero-order valence-corrected chi connectivity index (χ0v) is 54.3. The van der Waals surface area contributed by atoms with Crippen LogP contribution in [-0.4, -0.2) is 19.4 Å². The lowest BCUT2D eigenvalue weighted by Crippen LogP contribution is -1.92. The van der Waals surface area contributed by atoms with Gasteiger partial charge in [0.1, 0.15) is 5.65 Å². The quantitative estimate of drug-likeness (QED) is 0.107. The van der Waals surface area contributed by atoms with Crippen molar-refractivity contribution in [2.75, 3.05) is 0 Å². The summed E-state index contributed by atoms with van der Waals surface area (Å²) in [5.74, 6) is 0. The summed E-state index contributed by atoms with van der Waals surface area (Å²) in [6.07, 6.45) is 11.5. The number of allylic oxidation sites excluding steroid dienone is 2. The SMILES string of the molecule is C=CC=C.c1ccc(-c2ccc3nc(-c4ccc(-c5c6ccccc6c(-c6ccc7ccccc7c6)c6ccccc56)cc4)cn3c2)cc1.c1ccc2cc(-c3c4ccccc4c(-c4ccc5ccccc5c4)c4cc(-c5ccc(-c6cnc7ccccc7c6)nc5)ccc34)ccc2c1. The number of aromatic nitrogens is 4. The number of nitrogens with zero attached hydrogens (tertiary/aromatic N) is 4. The van der Waals surface area contributed by atoms with E-state index in [1.54, 1.807) is 12.2 Å². The number of pyridine rings is 3. The summed E-state index contributed by atoms with van der Waals surface area (Å²) < 4.78 is 2.12. The Balaban J connectivity index is 0.000000142. The number of hydrogen-bond acceptors (Lipinski definition) is 3. The van der Waals surface area contributed by atoms with Crippen LogP contribution >= 0.6 is 0 Å². The van der Waals surface area contributed by atoms with Crippen LogP contribution in [0.25, 0.3) is 181 Å². The molecule has 4 nitrogen and oxygen atoms in total. The molecule has 19 rings (SSSR count). The topological polar surface area (TPSA) is 43.1 Å². The zero-order valence-electron chi connectivity index (χ0n) is 54.3. The van der Waals surface area contributed by atoms with E-state index < -0.39 is 0 Å². The predicted molar refractivity (Wildman–Crippen MR) is 421 cm³/mol. The van der Waals surface area contributed by atoms with E-state index in [1.165, 1.54) is 131 Å². The summed E-state index contributed by atoms with van der Waals surface area (Å²) in [7, 11) is 0. The normalized spacial score (nSPS) is 11.3. The van der Waals surface area contributed by atoms with Crippen molar-refractivity contribution in [3.63, 3.8) is 0 Å². The van der Waals surface area contributed by atoms with Gasteiger partial charge < -0.3 is 4.40 Å². The fraction of sp³-hybridized carbons (Fsp3) is 0. The number of benzene rings is 15. The molecular weight excluding hydrogens is 1200 g/mol. The fourth-order valence-corrected chi connectivity index (χ4v) is 14.5. The van der Waals surface area contributed by atoms with Crippen molar-refractivity contribution in [2.45, 2.75) is 0 Å². The van der Waals surface area contributed by atoms with Gasteiger partial charge in [0, 0.05) is 46.9 Å². The average molecular weight is 1260 g/mol. The molecule has 19 aromatic rings. The van der Waals surface area contributed by atoms with E-state index in [2.05, 4.69) is 338 Å². The minimum absolute atomic E-state index is 0.911. The van der Waals surface area contributed by atoms with Gasteiger partial charge in [-0.25, -0.2) is 4.98 Å². The molecule has 0 fully saturated rings. The molecule has 4 heterocycles. The third kappa shape index (κ3) is 11.3. The summed E-state index contributed by atoms with van der Waals surface area (Å²) >= 11 is 0. The molecule has 0 bridgehead atoms. The molecule has 0 amide bonds. The number of hydrogen-bond donors (Lipinski definition) is 0. The second kappa shape index (κ2) is 25.9. The fourth-order valence-electron chi connectivity index (χ4n) is 14.5. The molecule has 0 N–H and O–H groups in total. The Morgan fingerprint density at radius 2 is 0.626 bits per heavy atom. The van der Waals surface area contributed by atoms with Gasteiger partial charge >= 0.3 is 0 Å². The molecule has 4 aromatic heterocycles. The molecule has 0 atom stereocenters. The molecular formula is C95H64N4. The van der Waals surface area contributed by atoms with Crippen molar-refractivity contribution in [2.24, 2.45) is 0 Å². The van der Waals surface area contributed by atoms with Crippen molar-refractivity contribution in [3.05, 3.63) is 378 Å². The monoisotopic (exact) mass is 1260 g/mol. The van der Waals surface area contributed by atoms with Crippen molar-refractivity contribution < 1.29 is 0 Å². The molecule has 0 aliphatic carbocycles. The van der Waals surface area contributed by atoms with E-state index in [0.717, 1.165) is 50.2 Å². The lowest BCUT2D eigenvalue weighted by Gasteiger charge is -2.19. The van der Waals surface area contributed by atoms with Gasteiger partial charge in [-0.15, -0.1) is 0 Å². The Morgan fingerprint density at radius 1 is 0.232 bits per heavy atom. The van der Waals surface area contributed by atoms with Crippen molar-refractivity contribution in [3.8, 4) is 89.3 Å². The molecule has 0 spiro atoms. The van der Waals surface area contributed by atoms with Gasteiger partial charge in [0.25, 0.3) is 0 Å². The third-order valence-corrected chi connectivity index (χ3v) is 19.2. The maximum atomic E-state index is 4.95. The Kier molecular flexibility index (Phi) is 15.6. The minimum atomic E-state index is 0.911. The van der Waals surface area contributed by atoms with Crippen molar-refractivity contribution in [1.82, 2.24) is 19.4 Å². The van der Waals surface area contributed by atoms with Crippen molar-refractivity contribution in [1.29, 1.82) is 0 Å². The first-order valence-corrected chi connectivity index (χ1v) is 33.6. The first kappa shape index (κ1) is 59.6. The summed E-state index contributed by atoms with van der Waals surface area (Å²) in [6, 6.07) is 118. The van der Waals surface area contributed by atoms with Gasteiger partial charge in [0.15, 0.2) is 0 Å². The van der Waals surface area contributed by atoms with Gasteiger partial charge in [-0.1, -0.05) is 298 Å². The number of imidazole rings is 1. The highest BCUT2D eigenvalue weighted by Crippen LogP contribution is 2.48. The van der Waals surface area contributed by atoms with Gasteiger partial charge in [-0.05, 0) is 191 Å². The summed E-state index contributed by atoms with van der Waals surface area (Å²) in [5.41, 5.74) is 20.4. The van der Waals surface area contributed by atoms with Crippen LogP contribution in [0.5, 0.6) is 0 Å². The van der Waals surface area contributed by atoms with Crippen molar-refractivity contribution >= 4 is 92.0 Å². The highest BCUT2D eigenvalue weighted by atomic mass is 15.0. The summed E-state index contributed by atoms with van der Waals surface area (Å²) in [4.78, 5) is 14.5. The molecule has 4 heteroatoms. The molecule has 0 saturated carbocycles. The molecule has 15 aromatic carbocycles. The molecule has 0 radical (unpaired) electrons. The van der Waals surface area contributed by atoms with Gasteiger partial charge in [-0.3, -0.25) is 9.97 Å². The Morgan fingerprint density at radius 3 is 1.14 bits per heavy atom. The molecule has 99 heavy (non-hydrogen) atoms. The smallest absolute Gasteiger partial charge is 0.137 e. The van der Waals surface area contributed by atoms with E-state index in [0.29, 0.717) is 0 Å². The van der Waals surface area contributed by atoms with Crippen LogP contribution in [0.4, 0.5) is 0 Å². The van der Waals surface area contributed by atoms with E-state index in [4.69, 9.17) is 9.97 Å². The van der Waals surface area contributed by atoms with Crippen LogP contribution in [0.1, 0.15) is 0 Å². The number of fused-ring (bicyclic) bond motifs is 9. The standard InChI is InChI=1S/C48H30N2.C43H28N2.C4H6/c1-3-11-33-25-37(19-17-31(33)9-1)47-41-14-6-7-15-42(41)48(38-20-18-32-10-2-4-12-34(32)26-38)44-28-35(21-23-43(44)47)39-22-24-46(49-29-39)40-27-36-13-5-8-16-45(36)50-30-40;1-2-10-29(11-3-1)35-24-25-41-44-40(28-45(41)27-35)31-19-21-32(22-20-31)42-36-14-6-8-16-38(36)43(39-17-9-7-15-37(39)42)34-23-18-30-12-4-5-13-33(30)26-34;1-3-4-2/h1-30H;1-28H;3-4H,1-2H2. The summed E-state index contributed by atoms with van der Waals surface area (Å²) in [5, 5.41) is 18.6. The average Bonchev–Trinajstić information content (AvgIpc) is 1.12. The van der Waals surface area contributed by atoms with E-state index in [1.807, 2.05) is 36.7 Å². The minimum Gasteiger partial charge on any atom is -0.306 e. The lowest BCUT2D eigenvalue weighted by atomic mass is 9.84. The second-order valence-corrected chi connectivity index (χ2v) is 25.2. The Labute approximate surface area is 574 Å². The Bertz CT molecular complexity index is 6260. The van der Waals surface area contributed by atoms with Crippen LogP contribution < -0.4 is 0 Å². The van der Waals surface area contributed by atoms with Crippen LogP contribution in [0, 0.1) is 0 Å². The Hall–Kier alpha value is -13.2. The molecule has 0 aliphatic heterocycles.